The summed E-state index contributed by atoms with van der Waals surface area (Å²) in [7, 11) is 0. The van der Waals surface area contributed by atoms with Gasteiger partial charge in [0.15, 0.2) is 0 Å². The van der Waals surface area contributed by atoms with Gasteiger partial charge < -0.3 is 14.3 Å². The lowest BCUT2D eigenvalue weighted by Gasteiger charge is -2.39. The van der Waals surface area contributed by atoms with E-state index in [1.165, 1.54) is 0 Å². The summed E-state index contributed by atoms with van der Waals surface area (Å²) in [4.78, 5) is 28.7. The van der Waals surface area contributed by atoms with E-state index in [-0.39, 0.29) is 24.4 Å². The summed E-state index contributed by atoms with van der Waals surface area (Å²) in [6.45, 7) is 7.92. The van der Waals surface area contributed by atoms with Crippen molar-refractivity contribution in [2.24, 2.45) is 0 Å². The molecule has 1 aliphatic rings. The van der Waals surface area contributed by atoms with Gasteiger partial charge in [-0.2, -0.15) is 0 Å². The van der Waals surface area contributed by atoms with E-state index in [9.17, 15) is 9.59 Å². The van der Waals surface area contributed by atoms with E-state index in [1.54, 1.807) is 23.6 Å². The number of carbonyl (C=O) groups excluding carboxylic acids is 2. The molecule has 3 rings (SSSR count). The van der Waals surface area contributed by atoms with Gasteiger partial charge in [0.1, 0.15) is 17.9 Å². The van der Waals surface area contributed by atoms with Crippen LogP contribution in [0.4, 0.5) is 5.69 Å². The second-order valence-corrected chi connectivity index (χ2v) is 6.32. The van der Waals surface area contributed by atoms with Crippen molar-refractivity contribution < 1.29 is 14.1 Å². The Labute approximate surface area is 141 Å². The van der Waals surface area contributed by atoms with Crippen LogP contribution in [0.5, 0.6) is 0 Å². The number of hydrogen-bond acceptors (Lipinski definition) is 4. The fourth-order valence-corrected chi connectivity index (χ4v) is 3.03. The van der Waals surface area contributed by atoms with Crippen LogP contribution in [-0.2, 0) is 4.79 Å². The zero-order valence-corrected chi connectivity index (χ0v) is 14.4. The van der Waals surface area contributed by atoms with E-state index in [0.29, 0.717) is 23.6 Å². The van der Waals surface area contributed by atoms with E-state index in [2.05, 4.69) is 5.16 Å². The summed E-state index contributed by atoms with van der Waals surface area (Å²) < 4.78 is 5.08. The van der Waals surface area contributed by atoms with Crippen LogP contribution in [-0.4, -0.2) is 41.0 Å². The molecule has 0 unspecified atom stereocenters. The van der Waals surface area contributed by atoms with Crippen molar-refractivity contribution in [1.29, 1.82) is 0 Å². The molecule has 24 heavy (non-hydrogen) atoms. The van der Waals surface area contributed by atoms with Crippen LogP contribution in [0.15, 0.2) is 28.8 Å². The first-order chi connectivity index (χ1) is 11.4. The molecule has 0 aliphatic carbocycles. The Morgan fingerprint density at radius 2 is 1.88 bits per heavy atom. The summed E-state index contributed by atoms with van der Waals surface area (Å²) in [6.07, 6.45) is 0. The number of rotatable bonds is 2. The summed E-state index contributed by atoms with van der Waals surface area (Å²) in [6, 6.07) is 7.74. The summed E-state index contributed by atoms with van der Waals surface area (Å²) in [5, 5.41) is 3.83. The molecular formula is C18H21N3O3. The second-order valence-electron chi connectivity index (χ2n) is 6.32. The standard InChI is InChI=1S/C18H21N3O3/c1-11-5-7-15(8-6-11)21-9-12(2)20(10-16(21)22)18(23)17-13(3)19-24-14(17)4/h5-8,12H,9-10H2,1-4H3/t12-/m0/s1. The minimum Gasteiger partial charge on any atom is -0.361 e. The number of carbonyl (C=O) groups is 2. The fourth-order valence-electron chi connectivity index (χ4n) is 3.03. The molecule has 0 N–H and O–H groups in total. The Balaban J connectivity index is 1.82. The molecule has 1 aromatic carbocycles. The molecule has 0 saturated carbocycles. The molecule has 1 aliphatic heterocycles. The van der Waals surface area contributed by atoms with Crippen LogP contribution in [0.3, 0.4) is 0 Å². The number of aromatic nitrogens is 1. The zero-order chi connectivity index (χ0) is 17.4. The predicted octanol–water partition coefficient (Wildman–Crippen LogP) is 2.48. The van der Waals surface area contributed by atoms with Crippen LogP contribution in [0.25, 0.3) is 0 Å². The van der Waals surface area contributed by atoms with E-state index >= 15 is 0 Å². The number of anilines is 1. The highest BCUT2D eigenvalue weighted by Crippen LogP contribution is 2.23. The lowest BCUT2D eigenvalue weighted by atomic mass is 10.1. The van der Waals surface area contributed by atoms with Gasteiger partial charge in [0.2, 0.25) is 5.91 Å². The molecule has 0 radical (unpaired) electrons. The van der Waals surface area contributed by atoms with E-state index < -0.39 is 0 Å². The molecular weight excluding hydrogens is 306 g/mol. The Hall–Kier alpha value is -2.63. The third-order valence-corrected chi connectivity index (χ3v) is 4.44. The lowest BCUT2D eigenvalue weighted by molar-refractivity contribution is -0.121. The highest BCUT2D eigenvalue weighted by molar-refractivity contribution is 6.02. The quantitative estimate of drug-likeness (QED) is 0.850. The molecule has 1 fully saturated rings. The van der Waals surface area contributed by atoms with Crippen LogP contribution >= 0.6 is 0 Å². The third kappa shape index (κ3) is 2.79. The van der Waals surface area contributed by atoms with Crippen LogP contribution in [0, 0.1) is 20.8 Å². The fraction of sp³-hybridized carbons (Fsp3) is 0.389. The molecule has 1 saturated heterocycles. The van der Waals surface area contributed by atoms with Crippen molar-refractivity contribution in [2.75, 3.05) is 18.0 Å². The molecule has 1 aromatic heterocycles. The molecule has 2 heterocycles. The number of aryl methyl sites for hydroxylation is 3. The largest absolute Gasteiger partial charge is 0.361 e. The minimum atomic E-state index is -0.198. The summed E-state index contributed by atoms with van der Waals surface area (Å²) in [5.41, 5.74) is 3.02. The van der Waals surface area contributed by atoms with Gasteiger partial charge in [-0.3, -0.25) is 9.59 Å². The predicted molar refractivity (Wildman–Crippen MR) is 90.0 cm³/mol. The Kier molecular flexibility index (Phi) is 4.13. The molecule has 1 atom stereocenters. The lowest BCUT2D eigenvalue weighted by Crippen LogP contribution is -2.57. The maximum absolute atomic E-state index is 12.8. The Morgan fingerprint density at radius 1 is 1.21 bits per heavy atom. The summed E-state index contributed by atoms with van der Waals surface area (Å²) in [5.74, 6) is 0.200. The Morgan fingerprint density at radius 3 is 2.46 bits per heavy atom. The van der Waals surface area contributed by atoms with Crippen LogP contribution in [0.2, 0.25) is 0 Å². The second kappa shape index (κ2) is 6.11. The third-order valence-electron chi connectivity index (χ3n) is 4.44. The van der Waals surface area contributed by atoms with E-state index in [4.69, 9.17) is 4.52 Å². The van der Waals surface area contributed by atoms with Crippen molar-refractivity contribution in [3.05, 3.63) is 46.8 Å². The van der Waals surface area contributed by atoms with Gasteiger partial charge in [-0.05, 0) is 39.8 Å². The van der Waals surface area contributed by atoms with Gasteiger partial charge in [-0.15, -0.1) is 0 Å². The molecule has 0 bridgehead atoms. The molecule has 2 amide bonds. The van der Waals surface area contributed by atoms with E-state index in [1.807, 2.05) is 38.1 Å². The smallest absolute Gasteiger partial charge is 0.260 e. The van der Waals surface area contributed by atoms with Gasteiger partial charge in [0, 0.05) is 18.3 Å². The van der Waals surface area contributed by atoms with Crippen molar-refractivity contribution in [3.63, 3.8) is 0 Å². The first-order valence-corrected chi connectivity index (χ1v) is 7.99. The van der Waals surface area contributed by atoms with Gasteiger partial charge in [-0.1, -0.05) is 22.9 Å². The normalized spacial score (nSPS) is 18.2. The first-order valence-electron chi connectivity index (χ1n) is 7.99. The van der Waals surface area contributed by atoms with Crippen molar-refractivity contribution in [2.45, 2.75) is 33.7 Å². The van der Waals surface area contributed by atoms with Gasteiger partial charge in [0.25, 0.3) is 5.91 Å². The summed E-state index contributed by atoms with van der Waals surface area (Å²) >= 11 is 0. The molecule has 2 aromatic rings. The molecule has 6 heteroatoms. The van der Waals surface area contributed by atoms with Crippen molar-refractivity contribution in [3.8, 4) is 0 Å². The zero-order valence-electron chi connectivity index (χ0n) is 14.4. The van der Waals surface area contributed by atoms with Crippen molar-refractivity contribution in [1.82, 2.24) is 10.1 Å². The van der Waals surface area contributed by atoms with Gasteiger partial charge in [-0.25, -0.2) is 0 Å². The minimum absolute atomic E-state index is 0.0535. The number of hydrogen-bond donors (Lipinski definition) is 0. The van der Waals surface area contributed by atoms with Gasteiger partial charge >= 0.3 is 0 Å². The molecule has 6 nitrogen and oxygen atoms in total. The SMILES string of the molecule is Cc1ccc(N2C[C@H](C)N(C(=O)c3c(C)noc3C)CC2=O)cc1. The highest BCUT2D eigenvalue weighted by Gasteiger charge is 2.35. The number of amides is 2. The average Bonchev–Trinajstić information content (AvgIpc) is 2.88. The van der Waals surface area contributed by atoms with Gasteiger partial charge in [0.05, 0.1) is 5.69 Å². The maximum atomic E-state index is 12.8. The maximum Gasteiger partial charge on any atom is 0.260 e. The topological polar surface area (TPSA) is 66.7 Å². The van der Waals surface area contributed by atoms with Crippen LogP contribution < -0.4 is 4.90 Å². The van der Waals surface area contributed by atoms with E-state index in [0.717, 1.165) is 11.3 Å². The number of nitrogens with zero attached hydrogens (tertiary/aromatic N) is 3. The monoisotopic (exact) mass is 327 g/mol. The first kappa shape index (κ1) is 16.2. The van der Waals surface area contributed by atoms with Crippen molar-refractivity contribution >= 4 is 17.5 Å². The average molecular weight is 327 g/mol. The highest BCUT2D eigenvalue weighted by atomic mass is 16.5. The molecule has 0 spiro atoms. The van der Waals surface area contributed by atoms with Crippen LogP contribution in [0.1, 0.15) is 34.3 Å². The number of benzene rings is 1. The molecule has 126 valence electrons. The number of piperazine rings is 1. The Bertz CT molecular complexity index is 760.